The summed E-state index contributed by atoms with van der Waals surface area (Å²) in [4.78, 5) is 7.67. The number of hydrogen-bond acceptors (Lipinski definition) is 2. The molecule has 1 saturated carbocycles. The lowest BCUT2D eigenvalue weighted by molar-refractivity contribution is 0.192. The van der Waals surface area contributed by atoms with Gasteiger partial charge in [-0.2, -0.15) is 0 Å². The number of para-hydroxylation sites is 1. The van der Waals surface area contributed by atoms with Crippen LogP contribution in [0.2, 0.25) is 0 Å². The van der Waals surface area contributed by atoms with Crippen LogP contribution in [0, 0.1) is 17.3 Å². The Labute approximate surface area is 144 Å². The summed E-state index contributed by atoms with van der Waals surface area (Å²) in [5, 5.41) is 0. The molecule has 0 aromatic heterocycles. The number of hydrogen-bond donors (Lipinski definition) is 0. The summed E-state index contributed by atoms with van der Waals surface area (Å²) >= 11 is 0. The largest absolute Gasteiger partial charge is 0.325 e. The number of aliphatic imine (C=N–C) groups is 1. The Bertz CT molecular complexity index is 833. The molecule has 1 aliphatic carbocycles. The van der Waals surface area contributed by atoms with Gasteiger partial charge in [0.2, 0.25) is 0 Å². The van der Waals surface area contributed by atoms with E-state index in [4.69, 9.17) is 4.99 Å². The maximum Gasteiger partial charge on any atom is 0.136 e. The van der Waals surface area contributed by atoms with Gasteiger partial charge in [0.05, 0.1) is 5.69 Å². The van der Waals surface area contributed by atoms with E-state index in [-0.39, 0.29) is 0 Å². The normalized spacial score (nSPS) is 26.6. The fraction of sp³-hybridized carbons (Fsp3) is 0.409. The van der Waals surface area contributed by atoms with Gasteiger partial charge in [0, 0.05) is 24.2 Å². The summed E-state index contributed by atoms with van der Waals surface area (Å²) in [6.07, 6.45) is 2.66. The van der Waals surface area contributed by atoms with Gasteiger partial charge in [-0.1, -0.05) is 56.3 Å². The highest BCUT2D eigenvalue weighted by Gasteiger charge is 2.45. The van der Waals surface area contributed by atoms with Crippen LogP contribution in [0.3, 0.4) is 0 Å². The molecule has 2 aliphatic heterocycles. The monoisotopic (exact) mass is 316 g/mol. The van der Waals surface area contributed by atoms with Gasteiger partial charge >= 0.3 is 0 Å². The predicted octanol–water partition coefficient (Wildman–Crippen LogP) is 4.99. The van der Waals surface area contributed by atoms with Gasteiger partial charge in [-0.05, 0) is 41.7 Å². The highest BCUT2D eigenvalue weighted by atomic mass is 15.2. The molecule has 2 bridgehead atoms. The second-order valence-corrected chi connectivity index (χ2v) is 8.13. The Kier molecular flexibility index (Phi) is 2.94. The van der Waals surface area contributed by atoms with E-state index in [1.54, 1.807) is 0 Å². The lowest BCUT2D eigenvalue weighted by atomic mass is 9.74. The molecule has 1 fully saturated rings. The zero-order valence-corrected chi connectivity index (χ0v) is 14.5. The highest BCUT2D eigenvalue weighted by Crippen LogP contribution is 2.50. The minimum absolute atomic E-state index is 0.390. The number of fused-ring (bicyclic) bond motifs is 8. The molecule has 0 saturated heterocycles. The smallest absolute Gasteiger partial charge is 0.136 e. The van der Waals surface area contributed by atoms with Crippen LogP contribution < -0.4 is 4.90 Å². The maximum atomic E-state index is 5.16. The molecule has 2 atom stereocenters. The van der Waals surface area contributed by atoms with Crippen molar-refractivity contribution in [3.05, 3.63) is 54.1 Å². The van der Waals surface area contributed by atoms with Crippen LogP contribution in [0.15, 0.2) is 53.5 Å². The topological polar surface area (TPSA) is 15.6 Å². The Balaban J connectivity index is 1.73. The molecule has 2 unspecified atom stereocenters. The van der Waals surface area contributed by atoms with Crippen molar-refractivity contribution >= 4 is 11.5 Å². The first-order valence-electron chi connectivity index (χ1n) is 9.17. The average molecular weight is 316 g/mol. The van der Waals surface area contributed by atoms with E-state index in [9.17, 15) is 0 Å². The number of amidine groups is 1. The van der Waals surface area contributed by atoms with Crippen molar-refractivity contribution in [2.45, 2.75) is 26.7 Å². The molecule has 0 radical (unpaired) electrons. The molecule has 0 spiro atoms. The van der Waals surface area contributed by atoms with Crippen molar-refractivity contribution in [3.8, 4) is 11.1 Å². The molecule has 0 amide bonds. The van der Waals surface area contributed by atoms with Gasteiger partial charge in [-0.15, -0.1) is 0 Å². The molecule has 5 rings (SSSR count). The number of nitrogens with zero attached hydrogens (tertiary/aromatic N) is 2. The lowest BCUT2D eigenvalue weighted by Crippen LogP contribution is -2.44. The zero-order valence-electron chi connectivity index (χ0n) is 14.5. The van der Waals surface area contributed by atoms with E-state index < -0.39 is 0 Å². The van der Waals surface area contributed by atoms with Gasteiger partial charge in [-0.3, -0.25) is 4.99 Å². The summed E-state index contributed by atoms with van der Waals surface area (Å²) in [6.45, 7) is 6.97. The molecule has 0 N–H and O–H groups in total. The van der Waals surface area contributed by atoms with Crippen molar-refractivity contribution < 1.29 is 0 Å². The van der Waals surface area contributed by atoms with Crippen molar-refractivity contribution in [1.29, 1.82) is 0 Å². The third-order valence-electron chi connectivity index (χ3n) is 6.74. The van der Waals surface area contributed by atoms with E-state index in [1.807, 2.05) is 0 Å². The van der Waals surface area contributed by atoms with Crippen LogP contribution in [0.5, 0.6) is 0 Å². The van der Waals surface area contributed by atoms with Crippen molar-refractivity contribution in [1.82, 2.24) is 0 Å². The minimum Gasteiger partial charge on any atom is -0.325 e. The first kappa shape index (κ1) is 14.3. The second-order valence-electron chi connectivity index (χ2n) is 8.13. The number of benzene rings is 2. The second kappa shape index (κ2) is 4.95. The maximum absolute atomic E-state index is 5.16. The summed E-state index contributed by atoms with van der Waals surface area (Å²) in [6, 6.07) is 17.6. The van der Waals surface area contributed by atoms with E-state index in [0.717, 1.165) is 24.9 Å². The Morgan fingerprint density at radius 2 is 1.54 bits per heavy atom. The summed E-state index contributed by atoms with van der Waals surface area (Å²) in [7, 11) is 0. The first-order valence-corrected chi connectivity index (χ1v) is 9.17. The quantitative estimate of drug-likeness (QED) is 0.669. The standard InChI is InChI=1S/C22H24N2/c1-22(2)15-11-12-16(22)14-24-20-10-6-5-8-18(20)17-7-3-4-9-19(17)21(24)23-13-15/h3-10,15-16H,11-14H2,1-2H3. The molecule has 2 aromatic rings. The van der Waals surface area contributed by atoms with Crippen LogP contribution in [-0.2, 0) is 0 Å². The first-order chi connectivity index (χ1) is 11.7. The van der Waals surface area contributed by atoms with Crippen molar-refractivity contribution in [2.24, 2.45) is 22.2 Å². The lowest BCUT2D eigenvalue weighted by Gasteiger charge is -2.42. The molecule has 3 aliphatic rings. The van der Waals surface area contributed by atoms with Crippen LogP contribution in [0.1, 0.15) is 32.3 Å². The van der Waals surface area contributed by atoms with E-state index in [0.29, 0.717) is 5.41 Å². The summed E-state index contributed by atoms with van der Waals surface area (Å²) < 4.78 is 0. The van der Waals surface area contributed by atoms with Gasteiger partial charge in [0.25, 0.3) is 0 Å². The van der Waals surface area contributed by atoms with E-state index >= 15 is 0 Å². The van der Waals surface area contributed by atoms with Gasteiger partial charge in [0.15, 0.2) is 0 Å². The predicted molar refractivity (Wildman–Crippen MR) is 101 cm³/mol. The molecular weight excluding hydrogens is 292 g/mol. The SMILES string of the molecule is CC1(C)C2CCC1CN1C(=NC2)c2ccccc2-c2ccccc21. The van der Waals surface area contributed by atoms with Gasteiger partial charge in [-0.25, -0.2) is 0 Å². The number of rotatable bonds is 0. The molecule has 122 valence electrons. The van der Waals surface area contributed by atoms with Gasteiger partial charge < -0.3 is 4.90 Å². The van der Waals surface area contributed by atoms with Crippen LogP contribution >= 0.6 is 0 Å². The molecule has 2 aromatic carbocycles. The van der Waals surface area contributed by atoms with E-state index in [1.165, 1.54) is 41.1 Å². The molecular formula is C22H24N2. The molecule has 2 heteroatoms. The third kappa shape index (κ3) is 1.86. The van der Waals surface area contributed by atoms with Crippen molar-refractivity contribution in [3.63, 3.8) is 0 Å². The molecule has 2 heterocycles. The van der Waals surface area contributed by atoms with Crippen molar-refractivity contribution in [2.75, 3.05) is 18.0 Å². The number of anilines is 1. The van der Waals surface area contributed by atoms with E-state index in [2.05, 4.69) is 67.3 Å². The fourth-order valence-corrected chi connectivity index (χ4v) is 5.01. The molecule has 24 heavy (non-hydrogen) atoms. The highest BCUT2D eigenvalue weighted by molar-refractivity contribution is 6.19. The Morgan fingerprint density at radius 3 is 2.38 bits per heavy atom. The van der Waals surface area contributed by atoms with Crippen LogP contribution in [0.4, 0.5) is 5.69 Å². The van der Waals surface area contributed by atoms with Crippen LogP contribution in [0.25, 0.3) is 11.1 Å². The Morgan fingerprint density at radius 1 is 0.875 bits per heavy atom. The minimum atomic E-state index is 0.390. The fourth-order valence-electron chi connectivity index (χ4n) is 5.01. The Hall–Kier alpha value is -2.09. The van der Waals surface area contributed by atoms with Gasteiger partial charge in [0.1, 0.15) is 5.84 Å². The molecule has 2 nitrogen and oxygen atoms in total. The zero-order chi connectivity index (χ0) is 16.3. The summed E-state index contributed by atoms with van der Waals surface area (Å²) in [5.74, 6) is 2.66. The third-order valence-corrected chi connectivity index (χ3v) is 6.74. The summed E-state index contributed by atoms with van der Waals surface area (Å²) in [5.41, 5.74) is 5.70. The van der Waals surface area contributed by atoms with Crippen LogP contribution in [-0.4, -0.2) is 18.9 Å². The average Bonchev–Trinajstić information content (AvgIpc) is 2.93.